The van der Waals surface area contributed by atoms with Gasteiger partial charge in [0.1, 0.15) is 6.04 Å². The fourth-order valence-electron chi connectivity index (χ4n) is 1.52. The average Bonchev–Trinajstić information content (AvgIpc) is 2.36. The van der Waals surface area contributed by atoms with Gasteiger partial charge >= 0.3 is 5.97 Å². The van der Waals surface area contributed by atoms with Gasteiger partial charge in [-0.05, 0) is 17.7 Å². The van der Waals surface area contributed by atoms with Gasteiger partial charge in [-0.25, -0.2) is 0 Å². The molecule has 2 aromatic rings. The van der Waals surface area contributed by atoms with E-state index in [-0.39, 0.29) is 0 Å². The highest BCUT2D eigenvalue weighted by Crippen LogP contribution is 2.17. The Hall–Kier alpha value is -1.94. The number of fused-ring (bicyclic) bond motifs is 1. The quantitative estimate of drug-likeness (QED) is 0.771. The molecule has 1 unspecified atom stereocenters. The van der Waals surface area contributed by atoms with E-state index in [1.54, 1.807) is 6.20 Å². The molecule has 0 aliphatic carbocycles. The Balaban J connectivity index is 2.43. The molecule has 16 heavy (non-hydrogen) atoms. The zero-order valence-corrected chi connectivity index (χ0v) is 8.88. The predicted octanol–water partition coefficient (Wildman–Crippen LogP) is 1.41. The molecule has 2 N–H and O–H groups in total. The molecule has 0 radical (unpaired) electrons. The van der Waals surface area contributed by atoms with Crippen molar-refractivity contribution in [3.8, 4) is 0 Å². The van der Waals surface area contributed by atoms with Crippen molar-refractivity contribution in [1.29, 1.82) is 0 Å². The Morgan fingerprint density at radius 2 is 2.19 bits per heavy atom. The number of nitrogens with two attached hydrogens (primary N) is 1. The molecule has 4 nitrogen and oxygen atoms in total. The minimum Gasteiger partial charge on any atom is -0.468 e. The van der Waals surface area contributed by atoms with Crippen molar-refractivity contribution in [3.63, 3.8) is 0 Å². The molecule has 1 heterocycles. The summed E-state index contributed by atoms with van der Waals surface area (Å²) in [6.45, 7) is 0. The Kier molecular flexibility index (Phi) is 2.83. The van der Waals surface area contributed by atoms with Gasteiger partial charge in [0.25, 0.3) is 0 Å². The van der Waals surface area contributed by atoms with Crippen LogP contribution in [-0.4, -0.2) is 18.1 Å². The Morgan fingerprint density at radius 3 is 2.94 bits per heavy atom. The van der Waals surface area contributed by atoms with Crippen LogP contribution in [0.15, 0.2) is 36.5 Å². The number of carbonyl (C=O) groups is 1. The smallest absolute Gasteiger partial charge is 0.327 e. The summed E-state index contributed by atoms with van der Waals surface area (Å²) >= 11 is 0. The van der Waals surface area contributed by atoms with Gasteiger partial charge < -0.3 is 10.5 Å². The highest BCUT2D eigenvalue weighted by atomic mass is 16.5. The van der Waals surface area contributed by atoms with Crippen molar-refractivity contribution in [3.05, 3.63) is 42.1 Å². The van der Waals surface area contributed by atoms with Crippen molar-refractivity contribution >= 4 is 16.9 Å². The van der Waals surface area contributed by atoms with E-state index in [2.05, 4.69) is 9.72 Å². The summed E-state index contributed by atoms with van der Waals surface area (Å²) in [5.74, 6) is -0.461. The number of esters is 1. The van der Waals surface area contributed by atoms with Crippen LogP contribution in [0.3, 0.4) is 0 Å². The van der Waals surface area contributed by atoms with Crippen molar-refractivity contribution in [2.24, 2.45) is 5.73 Å². The summed E-state index contributed by atoms with van der Waals surface area (Å²) in [6.07, 6.45) is 1.60. The topological polar surface area (TPSA) is 65.2 Å². The first-order chi connectivity index (χ1) is 7.72. The van der Waals surface area contributed by atoms with E-state index in [1.165, 1.54) is 7.11 Å². The molecule has 1 aromatic heterocycles. The summed E-state index contributed by atoms with van der Waals surface area (Å²) in [4.78, 5) is 15.5. The number of nitrogens with zero attached hydrogens (tertiary/aromatic N) is 1. The number of hydrogen-bond donors (Lipinski definition) is 1. The third-order valence-electron chi connectivity index (χ3n) is 2.43. The van der Waals surface area contributed by atoms with Gasteiger partial charge in [-0.15, -0.1) is 0 Å². The van der Waals surface area contributed by atoms with Crippen LogP contribution in [-0.2, 0) is 9.53 Å². The van der Waals surface area contributed by atoms with E-state index in [0.29, 0.717) is 5.56 Å². The highest BCUT2D eigenvalue weighted by molar-refractivity contribution is 5.82. The van der Waals surface area contributed by atoms with Gasteiger partial charge in [0, 0.05) is 11.6 Å². The van der Waals surface area contributed by atoms with Crippen LogP contribution in [0.1, 0.15) is 11.6 Å². The molecule has 1 aromatic carbocycles. The lowest BCUT2D eigenvalue weighted by Gasteiger charge is -2.09. The standard InChI is InChI=1S/C12H12N2O2/c1-16-12(15)11(13)9-6-8-4-2-3-5-10(8)14-7-9/h2-7,11H,13H2,1H3. The maximum Gasteiger partial charge on any atom is 0.327 e. The van der Waals surface area contributed by atoms with E-state index in [0.717, 1.165) is 10.9 Å². The molecular formula is C12H12N2O2. The number of methoxy groups -OCH3 is 1. The second-order valence-electron chi connectivity index (χ2n) is 3.46. The summed E-state index contributed by atoms with van der Waals surface area (Å²) in [7, 11) is 1.32. The van der Waals surface area contributed by atoms with E-state index in [4.69, 9.17) is 5.73 Å². The van der Waals surface area contributed by atoms with Crippen LogP contribution in [0.25, 0.3) is 10.9 Å². The lowest BCUT2D eigenvalue weighted by Crippen LogP contribution is -2.22. The number of carbonyl (C=O) groups excluding carboxylic acids is 1. The first-order valence-corrected chi connectivity index (χ1v) is 4.90. The number of hydrogen-bond acceptors (Lipinski definition) is 4. The second kappa shape index (κ2) is 4.28. The molecule has 0 amide bonds. The van der Waals surface area contributed by atoms with Gasteiger partial charge in [-0.3, -0.25) is 9.78 Å². The minimum atomic E-state index is -0.776. The van der Waals surface area contributed by atoms with E-state index < -0.39 is 12.0 Å². The van der Waals surface area contributed by atoms with Crippen LogP contribution >= 0.6 is 0 Å². The van der Waals surface area contributed by atoms with Crippen molar-refractivity contribution < 1.29 is 9.53 Å². The van der Waals surface area contributed by atoms with Gasteiger partial charge in [0.15, 0.2) is 0 Å². The fourth-order valence-corrected chi connectivity index (χ4v) is 1.52. The van der Waals surface area contributed by atoms with Crippen LogP contribution in [0.5, 0.6) is 0 Å². The highest BCUT2D eigenvalue weighted by Gasteiger charge is 2.16. The third-order valence-corrected chi connectivity index (χ3v) is 2.43. The molecule has 0 aliphatic heterocycles. The molecule has 0 saturated carbocycles. The molecule has 1 atom stereocenters. The average molecular weight is 216 g/mol. The lowest BCUT2D eigenvalue weighted by atomic mass is 10.1. The number of benzene rings is 1. The Morgan fingerprint density at radius 1 is 1.44 bits per heavy atom. The SMILES string of the molecule is COC(=O)C(N)c1cnc2ccccc2c1. The zero-order valence-electron chi connectivity index (χ0n) is 8.88. The Bertz CT molecular complexity index is 525. The summed E-state index contributed by atoms with van der Waals surface area (Å²) in [6, 6.07) is 8.73. The largest absolute Gasteiger partial charge is 0.468 e. The maximum atomic E-state index is 11.3. The molecule has 2 rings (SSSR count). The van der Waals surface area contributed by atoms with Crippen LogP contribution in [0, 0.1) is 0 Å². The summed E-state index contributed by atoms with van der Waals surface area (Å²) in [5.41, 5.74) is 7.26. The predicted molar refractivity (Wildman–Crippen MR) is 60.7 cm³/mol. The second-order valence-corrected chi connectivity index (χ2v) is 3.46. The van der Waals surface area contributed by atoms with Gasteiger partial charge in [0.2, 0.25) is 0 Å². The number of ether oxygens (including phenoxy) is 1. The minimum absolute atomic E-state index is 0.461. The molecule has 82 valence electrons. The van der Waals surface area contributed by atoms with Gasteiger partial charge in [-0.2, -0.15) is 0 Å². The first-order valence-electron chi connectivity index (χ1n) is 4.90. The molecule has 0 spiro atoms. The monoisotopic (exact) mass is 216 g/mol. The summed E-state index contributed by atoms with van der Waals surface area (Å²) < 4.78 is 4.59. The number of aromatic nitrogens is 1. The molecule has 0 saturated heterocycles. The van der Waals surface area contributed by atoms with Crippen molar-refractivity contribution in [2.75, 3.05) is 7.11 Å². The molecular weight excluding hydrogens is 204 g/mol. The Labute approximate surface area is 93.0 Å². The molecule has 0 fully saturated rings. The molecule has 0 bridgehead atoms. The third kappa shape index (κ3) is 1.87. The molecule has 0 aliphatic rings. The number of rotatable bonds is 2. The fraction of sp³-hybridized carbons (Fsp3) is 0.167. The van der Waals surface area contributed by atoms with Gasteiger partial charge in [-0.1, -0.05) is 18.2 Å². The number of pyridine rings is 1. The van der Waals surface area contributed by atoms with E-state index in [9.17, 15) is 4.79 Å². The van der Waals surface area contributed by atoms with Crippen molar-refractivity contribution in [1.82, 2.24) is 4.98 Å². The number of para-hydroxylation sites is 1. The van der Waals surface area contributed by atoms with Gasteiger partial charge in [0.05, 0.1) is 12.6 Å². The van der Waals surface area contributed by atoms with Crippen LogP contribution < -0.4 is 5.73 Å². The normalized spacial score (nSPS) is 12.4. The maximum absolute atomic E-state index is 11.3. The van der Waals surface area contributed by atoms with E-state index >= 15 is 0 Å². The summed E-state index contributed by atoms with van der Waals surface area (Å²) in [5, 5.41) is 0.958. The first kappa shape index (κ1) is 10.6. The zero-order chi connectivity index (χ0) is 11.5. The van der Waals surface area contributed by atoms with Crippen LogP contribution in [0.2, 0.25) is 0 Å². The lowest BCUT2D eigenvalue weighted by molar-refractivity contribution is -0.142. The van der Waals surface area contributed by atoms with Crippen molar-refractivity contribution in [2.45, 2.75) is 6.04 Å². The van der Waals surface area contributed by atoms with Crippen LogP contribution in [0.4, 0.5) is 0 Å². The molecule has 4 heteroatoms. The van der Waals surface area contributed by atoms with E-state index in [1.807, 2.05) is 30.3 Å².